The van der Waals surface area contributed by atoms with Crippen LogP contribution in [-0.4, -0.2) is 22.5 Å². The van der Waals surface area contributed by atoms with Crippen molar-refractivity contribution >= 4 is 39.7 Å². The second-order valence-corrected chi connectivity index (χ2v) is 9.88. The molecule has 1 aromatic heterocycles. The van der Waals surface area contributed by atoms with E-state index < -0.39 is 0 Å². The summed E-state index contributed by atoms with van der Waals surface area (Å²) in [4.78, 5) is 18.2. The highest BCUT2D eigenvalue weighted by Gasteiger charge is 2.14. The summed E-state index contributed by atoms with van der Waals surface area (Å²) in [6.45, 7) is 4.92. The largest absolute Gasteiger partial charge is 0.490 e. The summed E-state index contributed by atoms with van der Waals surface area (Å²) in [6, 6.07) is 29.0. The van der Waals surface area contributed by atoms with Crippen molar-refractivity contribution in [2.24, 2.45) is 5.10 Å². The molecule has 0 aliphatic heterocycles. The van der Waals surface area contributed by atoms with Crippen molar-refractivity contribution in [1.82, 2.24) is 9.66 Å². The van der Waals surface area contributed by atoms with Crippen LogP contribution in [0.15, 0.2) is 101 Å². The van der Waals surface area contributed by atoms with Crippen LogP contribution >= 0.6 is 22.6 Å². The van der Waals surface area contributed by atoms with Crippen molar-refractivity contribution in [3.05, 3.63) is 122 Å². The summed E-state index contributed by atoms with van der Waals surface area (Å²) >= 11 is 2.24. The number of nitrogens with zero attached hydrogens (tertiary/aromatic N) is 3. The molecule has 0 spiro atoms. The van der Waals surface area contributed by atoms with Crippen LogP contribution < -0.4 is 15.0 Å². The minimum atomic E-state index is -0.233. The standard InChI is InChI=1S/C31H26IN3O3/c1-3-37-28-18-23(17-26(32)29(28)38-20-22-15-13-21(2)14-16-22)19-33-35-30(24-9-5-4-6-10-24)34-27-12-8-7-11-25(27)31(35)36/h4-19H,3,20H2,1-2H3. The molecule has 7 heteroatoms. The van der Waals surface area contributed by atoms with Gasteiger partial charge in [0.1, 0.15) is 6.61 Å². The highest BCUT2D eigenvalue weighted by atomic mass is 127. The number of fused-ring (bicyclic) bond motifs is 1. The minimum Gasteiger partial charge on any atom is -0.490 e. The van der Waals surface area contributed by atoms with Crippen LogP contribution in [0.5, 0.6) is 11.5 Å². The molecule has 190 valence electrons. The molecule has 5 rings (SSSR count). The summed E-state index contributed by atoms with van der Waals surface area (Å²) in [5, 5.41) is 5.10. The van der Waals surface area contributed by atoms with Crippen molar-refractivity contribution in [3.8, 4) is 22.9 Å². The molecule has 6 nitrogen and oxygen atoms in total. The van der Waals surface area contributed by atoms with E-state index in [1.54, 1.807) is 12.3 Å². The number of rotatable bonds is 8. The third kappa shape index (κ3) is 5.62. The first-order valence-electron chi connectivity index (χ1n) is 12.3. The lowest BCUT2D eigenvalue weighted by Gasteiger charge is -2.15. The molecule has 0 aliphatic rings. The van der Waals surface area contributed by atoms with Gasteiger partial charge < -0.3 is 9.47 Å². The first-order valence-corrected chi connectivity index (χ1v) is 13.4. The molecule has 0 aliphatic carbocycles. The summed E-state index contributed by atoms with van der Waals surface area (Å²) in [7, 11) is 0. The Balaban J connectivity index is 1.52. The van der Waals surface area contributed by atoms with Crippen LogP contribution in [0.25, 0.3) is 22.3 Å². The van der Waals surface area contributed by atoms with Gasteiger partial charge in [-0.3, -0.25) is 4.79 Å². The van der Waals surface area contributed by atoms with Crippen molar-refractivity contribution in [1.29, 1.82) is 0 Å². The van der Waals surface area contributed by atoms with E-state index in [-0.39, 0.29) is 5.56 Å². The highest BCUT2D eigenvalue weighted by Crippen LogP contribution is 2.34. The van der Waals surface area contributed by atoms with Crippen molar-refractivity contribution in [3.63, 3.8) is 0 Å². The molecule has 0 saturated heterocycles. The lowest BCUT2D eigenvalue weighted by molar-refractivity contribution is 0.267. The number of benzene rings is 4. The van der Waals surface area contributed by atoms with Crippen LogP contribution in [0, 0.1) is 10.5 Å². The molecule has 0 amide bonds. The summed E-state index contributed by atoms with van der Waals surface area (Å²) in [6.07, 6.45) is 1.65. The number of halogens is 1. The molecule has 0 N–H and O–H groups in total. The average molecular weight is 615 g/mol. The first-order chi connectivity index (χ1) is 18.5. The maximum absolute atomic E-state index is 13.4. The maximum Gasteiger partial charge on any atom is 0.282 e. The van der Waals surface area contributed by atoms with Gasteiger partial charge >= 0.3 is 0 Å². The molecule has 0 atom stereocenters. The van der Waals surface area contributed by atoms with E-state index >= 15 is 0 Å². The normalized spacial score (nSPS) is 11.2. The van der Waals surface area contributed by atoms with Gasteiger partial charge in [-0.05, 0) is 71.8 Å². The lowest BCUT2D eigenvalue weighted by Crippen LogP contribution is -2.20. The zero-order chi connectivity index (χ0) is 26.5. The Morgan fingerprint density at radius 3 is 2.45 bits per heavy atom. The third-order valence-electron chi connectivity index (χ3n) is 5.94. The molecule has 5 aromatic rings. The molecule has 1 heterocycles. The summed E-state index contributed by atoms with van der Waals surface area (Å²) in [5.74, 6) is 1.78. The predicted molar refractivity (Wildman–Crippen MR) is 160 cm³/mol. The van der Waals surface area contributed by atoms with E-state index in [2.05, 4.69) is 58.9 Å². The monoisotopic (exact) mass is 615 g/mol. The lowest BCUT2D eigenvalue weighted by atomic mass is 10.1. The zero-order valence-corrected chi connectivity index (χ0v) is 23.3. The topological polar surface area (TPSA) is 65.7 Å². The second kappa shape index (κ2) is 11.6. The van der Waals surface area contributed by atoms with E-state index in [9.17, 15) is 4.79 Å². The van der Waals surface area contributed by atoms with Crippen molar-refractivity contribution < 1.29 is 9.47 Å². The smallest absolute Gasteiger partial charge is 0.282 e. The summed E-state index contributed by atoms with van der Waals surface area (Å²) in [5.41, 5.74) is 4.26. The molecular formula is C31H26IN3O3. The molecule has 4 aromatic carbocycles. The van der Waals surface area contributed by atoms with Gasteiger partial charge in [0.2, 0.25) is 0 Å². The molecule has 0 unspecified atom stereocenters. The SMILES string of the molecule is CCOc1cc(C=Nn2c(-c3ccccc3)nc3ccccc3c2=O)cc(I)c1OCc1ccc(C)cc1. The molecule has 38 heavy (non-hydrogen) atoms. The van der Waals surface area contributed by atoms with Crippen LogP contribution in [0.3, 0.4) is 0 Å². The van der Waals surface area contributed by atoms with Gasteiger partial charge in [0, 0.05) is 5.56 Å². The van der Waals surface area contributed by atoms with E-state index in [4.69, 9.17) is 14.5 Å². The van der Waals surface area contributed by atoms with Gasteiger partial charge in [0.25, 0.3) is 5.56 Å². The second-order valence-electron chi connectivity index (χ2n) is 8.72. The number of hydrogen-bond donors (Lipinski definition) is 0. The Kier molecular flexibility index (Phi) is 7.83. The third-order valence-corrected chi connectivity index (χ3v) is 6.74. The van der Waals surface area contributed by atoms with Crippen LogP contribution in [0.4, 0.5) is 0 Å². The van der Waals surface area contributed by atoms with Gasteiger partial charge in [0.15, 0.2) is 17.3 Å². The van der Waals surface area contributed by atoms with Crippen molar-refractivity contribution in [2.75, 3.05) is 6.61 Å². The van der Waals surface area contributed by atoms with Gasteiger partial charge in [-0.25, -0.2) is 4.98 Å². The number of aryl methyl sites for hydroxylation is 1. The van der Waals surface area contributed by atoms with E-state index in [1.807, 2.05) is 67.6 Å². The maximum atomic E-state index is 13.4. The molecule has 0 saturated carbocycles. The number of aromatic nitrogens is 2. The molecule has 0 fully saturated rings. The Bertz CT molecular complexity index is 1660. The first kappa shape index (κ1) is 25.7. The summed E-state index contributed by atoms with van der Waals surface area (Å²) < 4.78 is 14.3. The Labute approximate surface area is 234 Å². The molecular weight excluding hydrogens is 589 g/mol. The zero-order valence-electron chi connectivity index (χ0n) is 21.1. The number of ether oxygens (including phenoxy) is 2. The predicted octanol–water partition coefficient (Wildman–Crippen LogP) is 6.84. The van der Waals surface area contributed by atoms with Crippen LogP contribution in [0.1, 0.15) is 23.6 Å². The quantitative estimate of drug-likeness (QED) is 0.142. The van der Waals surface area contributed by atoms with E-state index in [0.29, 0.717) is 41.4 Å². The Hall–Kier alpha value is -3.98. The van der Waals surface area contributed by atoms with E-state index in [1.165, 1.54) is 10.2 Å². The highest BCUT2D eigenvalue weighted by molar-refractivity contribution is 14.1. The molecule has 0 radical (unpaired) electrons. The van der Waals surface area contributed by atoms with Crippen molar-refractivity contribution in [2.45, 2.75) is 20.5 Å². The Morgan fingerprint density at radius 2 is 1.68 bits per heavy atom. The Morgan fingerprint density at radius 1 is 0.947 bits per heavy atom. The minimum absolute atomic E-state index is 0.233. The van der Waals surface area contributed by atoms with Gasteiger partial charge in [-0.15, -0.1) is 0 Å². The number of para-hydroxylation sites is 1. The fourth-order valence-electron chi connectivity index (χ4n) is 4.03. The van der Waals surface area contributed by atoms with E-state index in [0.717, 1.165) is 20.3 Å². The van der Waals surface area contributed by atoms with Crippen LogP contribution in [-0.2, 0) is 6.61 Å². The van der Waals surface area contributed by atoms with Gasteiger partial charge in [-0.2, -0.15) is 9.78 Å². The van der Waals surface area contributed by atoms with Gasteiger partial charge in [-0.1, -0.05) is 72.3 Å². The average Bonchev–Trinajstić information content (AvgIpc) is 2.93. The van der Waals surface area contributed by atoms with Crippen LogP contribution in [0.2, 0.25) is 0 Å². The fourth-order valence-corrected chi connectivity index (χ4v) is 4.82. The fraction of sp³-hybridized carbons (Fsp3) is 0.129. The molecule has 0 bridgehead atoms. The van der Waals surface area contributed by atoms with Gasteiger partial charge in [0.05, 0.1) is 27.3 Å². The number of hydrogen-bond acceptors (Lipinski definition) is 5.